The highest BCUT2D eigenvalue weighted by Gasteiger charge is 2.29. The van der Waals surface area contributed by atoms with Crippen LogP contribution in [0.1, 0.15) is 24.2 Å². The average molecular weight is 406 g/mol. The van der Waals surface area contributed by atoms with Gasteiger partial charge in [0.15, 0.2) is 0 Å². The van der Waals surface area contributed by atoms with E-state index in [9.17, 15) is 4.79 Å². The summed E-state index contributed by atoms with van der Waals surface area (Å²) in [6.07, 6.45) is 2.58. The number of carbonyl (C=O) groups is 1. The molecular formula is C23H27N5O2. The molecule has 1 aliphatic heterocycles. The molecule has 0 unspecified atom stereocenters. The highest BCUT2D eigenvalue weighted by Crippen LogP contribution is 2.24. The van der Waals surface area contributed by atoms with E-state index < -0.39 is 0 Å². The highest BCUT2D eigenvalue weighted by atomic mass is 16.5. The van der Waals surface area contributed by atoms with Crippen LogP contribution in [0.3, 0.4) is 0 Å². The third-order valence-corrected chi connectivity index (χ3v) is 5.57. The van der Waals surface area contributed by atoms with Gasteiger partial charge < -0.3 is 15.8 Å². The number of methoxy groups -OCH3 is 1. The predicted molar refractivity (Wildman–Crippen MR) is 117 cm³/mol. The molecule has 1 atom stereocenters. The maximum atomic E-state index is 11.7. The summed E-state index contributed by atoms with van der Waals surface area (Å²) >= 11 is 0. The van der Waals surface area contributed by atoms with Gasteiger partial charge in [-0.3, -0.25) is 9.69 Å². The number of hydrogen-bond acceptors (Lipinski definition) is 6. The first-order valence-electron chi connectivity index (χ1n) is 10.3. The molecule has 2 aromatic carbocycles. The smallest absolute Gasteiger partial charge is 0.234 e. The van der Waals surface area contributed by atoms with Gasteiger partial charge in [0.1, 0.15) is 17.4 Å². The molecule has 1 amide bonds. The number of fused-ring (bicyclic) bond motifs is 1. The molecule has 3 aromatic rings. The number of para-hydroxylation sites is 2. The van der Waals surface area contributed by atoms with E-state index in [0.29, 0.717) is 18.9 Å². The molecule has 3 N–H and O–H groups in total. The van der Waals surface area contributed by atoms with Crippen LogP contribution in [-0.4, -0.2) is 47.0 Å². The number of amides is 1. The second-order valence-corrected chi connectivity index (χ2v) is 7.53. The maximum Gasteiger partial charge on any atom is 0.234 e. The summed E-state index contributed by atoms with van der Waals surface area (Å²) in [4.78, 5) is 23.3. The molecule has 0 bridgehead atoms. The lowest BCUT2D eigenvalue weighted by atomic mass is 10.1. The zero-order valence-corrected chi connectivity index (χ0v) is 17.2. The van der Waals surface area contributed by atoms with Crippen molar-refractivity contribution in [2.75, 3.05) is 25.5 Å². The molecule has 2 heterocycles. The third-order valence-electron chi connectivity index (χ3n) is 5.57. The topological polar surface area (TPSA) is 93.4 Å². The van der Waals surface area contributed by atoms with E-state index in [-0.39, 0.29) is 11.9 Å². The molecule has 0 spiro atoms. The Morgan fingerprint density at radius 3 is 2.83 bits per heavy atom. The summed E-state index contributed by atoms with van der Waals surface area (Å²) in [7, 11) is 1.69. The van der Waals surface area contributed by atoms with Gasteiger partial charge in [0.2, 0.25) is 5.91 Å². The van der Waals surface area contributed by atoms with Gasteiger partial charge in [0.25, 0.3) is 0 Å². The fraction of sp³-hybridized carbons (Fsp3) is 0.348. The van der Waals surface area contributed by atoms with E-state index >= 15 is 0 Å². The minimum absolute atomic E-state index is 0.234. The summed E-state index contributed by atoms with van der Waals surface area (Å²) in [5.74, 6) is 2.12. The number of primary amides is 1. The maximum absolute atomic E-state index is 11.7. The first-order chi connectivity index (χ1) is 14.7. The number of aromatic nitrogens is 2. The number of carbonyl (C=O) groups excluding carboxylic acids is 1. The van der Waals surface area contributed by atoms with Gasteiger partial charge in [-0.1, -0.05) is 30.3 Å². The lowest BCUT2D eigenvalue weighted by Gasteiger charge is -2.21. The number of hydrogen-bond donors (Lipinski definition) is 2. The lowest BCUT2D eigenvalue weighted by Crippen LogP contribution is -2.40. The zero-order chi connectivity index (χ0) is 20.9. The van der Waals surface area contributed by atoms with Crippen molar-refractivity contribution in [3.05, 3.63) is 59.9 Å². The average Bonchev–Trinajstić information content (AvgIpc) is 3.22. The van der Waals surface area contributed by atoms with Gasteiger partial charge in [-0.15, -0.1) is 0 Å². The molecule has 0 aliphatic carbocycles. The van der Waals surface area contributed by atoms with Crippen LogP contribution in [0.15, 0.2) is 48.5 Å². The van der Waals surface area contributed by atoms with E-state index in [1.165, 1.54) is 0 Å². The number of benzene rings is 2. The Labute approximate surface area is 176 Å². The SMILES string of the molecule is COc1ccccc1CCNc1nc(CN2CCC[C@H]2C(N)=O)nc2ccccc12. The Morgan fingerprint density at radius 2 is 2.00 bits per heavy atom. The van der Waals surface area contributed by atoms with Gasteiger partial charge in [-0.2, -0.15) is 0 Å². The van der Waals surface area contributed by atoms with Crippen molar-refractivity contribution >= 4 is 22.6 Å². The number of nitrogens with zero attached hydrogens (tertiary/aromatic N) is 3. The van der Waals surface area contributed by atoms with Crippen molar-refractivity contribution in [1.82, 2.24) is 14.9 Å². The van der Waals surface area contributed by atoms with Crippen LogP contribution in [0.5, 0.6) is 5.75 Å². The second-order valence-electron chi connectivity index (χ2n) is 7.53. The Kier molecular flexibility index (Phi) is 6.09. The number of nitrogens with one attached hydrogen (secondary N) is 1. The van der Waals surface area contributed by atoms with Gasteiger partial charge in [-0.05, 0) is 49.6 Å². The highest BCUT2D eigenvalue weighted by molar-refractivity contribution is 5.89. The molecule has 30 heavy (non-hydrogen) atoms. The summed E-state index contributed by atoms with van der Waals surface area (Å²) in [5.41, 5.74) is 7.59. The minimum atomic E-state index is -0.275. The lowest BCUT2D eigenvalue weighted by molar-refractivity contribution is -0.122. The first-order valence-corrected chi connectivity index (χ1v) is 10.3. The van der Waals surface area contributed by atoms with Crippen LogP contribution < -0.4 is 15.8 Å². The van der Waals surface area contributed by atoms with Crippen molar-refractivity contribution < 1.29 is 9.53 Å². The Morgan fingerprint density at radius 1 is 1.20 bits per heavy atom. The van der Waals surface area contributed by atoms with Gasteiger partial charge >= 0.3 is 0 Å². The minimum Gasteiger partial charge on any atom is -0.496 e. The van der Waals surface area contributed by atoms with Crippen LogP contribution in [-0.2, 0) is 17.8 Å². The monoisotopic (exact) mass is 405 g/mol. The molecule has 1 saturated heterocycles. The summed E-state index contributed by atoms with van der Waals surface area (Å²) < 4.78 is 5.44. The molecule has 0 radical (unpaired) electrons. The molecular weight excluding hydrogens is 378 g/mol. The molecule has 1 fully saturated rings. The van der Waals surface area contributed by atoms with Gasteiger partial charge in [-0.25, -0.2) is 9.97 Å². The van der Waals surface area contributed by atoms with E-state index in [2.05, 4.69) is 16.3 Å². The summed E-state index contributed by atoms with van der Waals surface area (Å²) in [5, 5.41) is 4.45. The fourth-order valence-corrected chi connectivity index (χ4v) is 4.07. The Hall–Kier alpha value is -3.19. The van der Waals surface area contributed by atoms with Crippen LogP contribution in [0, 0.1) is 0 Å². The molecule has 1 aromatic heterocycles. The molecule has 7 heteroatoms. The van der Waals surface area contributed by atoms with E-state index in [1.807, 2.05) is 42.5 Å². The van der Waals surface area contributed by atoms with Crippen molar-refractivity contribution in [1.29, 1.82) is 0 Å². The van der Waals surface area contributed by atoms with Crippen LogP contribution in [0.2, 0.25) is 0 Å². The molecule has 7 nitrogen and oxygen atoms in total. The second kappa shape index (κ2) is 9.09. The fourth-order valence-electron chi connectivity index (χ4n) is 4.07. The van der Waals surface area contributed by atoms with E-state index in [0.717, 1.165) is 53.8 Å². The Bertz CT molecular complexity index is 1040. The van der Waals surface area contributed by atoms with Crippen LogP contribution >= 0.6 is 0 Å². The standard InChI is InChI=1S/C23H27N5O2/c1-30-20-11-5-2-7-16(20)12-13-25-23-17-8-3-4-9-18(17)26-21(27-23)15-28-14-6-10-19(28)22(24)29/h2-5,7-9,11,19H,6,10,12-15H2,1H3,(H2,24,29)(H,25,26,27)/t19-/m0/s1. The van der Waals surface area contributed by atoms with E-state index in [1.54, 1.807) is 7.11 Å². The van der Waals surface area contributed by atoms with Crippen molar-refractivity contribution in [3.63, 3.8) is 0 Å². The first kappa shape index (κ1) is 20.1. The van der Waals surface area contributed by atoms with Crippen molar-refractivity contribution in [2.45, 2.75) is 31.8 Å². The van der Waals surface area contributed by atoms with E-state index in [4.69, 9.17) is 20.4 Å². The molecule has 156 valence electrons. The number of anilines is 1. The van der Waals surface area contributed by atoms with Gasteiger partial charge in [0.05, 0.1) is 25.2 Å². The van der Waals surface area contributed by atoms with Crippen LogP contribution in [0.4, 0.5) is 5.82 Å². The van der Waals surface area contributed by atoms with Crippen molar-refractivity contribution in [2.24, 2.45) is 5.73 Å². The molecule has 4 rings (SSSR count). The predicted octanol–water partition coefficient (Wildman–Crippen LogP) is 2.74. The number of likely N-dealkylation sites (tertiary alicyclic amines) is 1. The number of rotatable bonds is 8. The van der Waals surface area contributed by atoms with Crippen LogP contribution in [0.25, 0.3) is 10.9 Å². The quantitative estimate of drug-likeness (QED) is 0.599. The normalized spacial score (nSPS) is 16.6. The number of ether oxygens (including phenoxy) is 1. The van der Waals surface area contributed by atoms with Crippen molar-refractivity contribution in [3.8, 4) is 5.75 Å². The number of nitrogens with two attached hydrogens (primary N) is 1. The third kappa shape index (κ3) is 4.36. The summed E-state index contributed by atoms with van der Waals surface area (Å²) in [6.45, 7) is 2.06. The molecule has 1 aliphatic rings. The zero-order valence-electron chi connectivity index (χ0n) is 17.2. The Balaban J connectivity index is 1.54. The summed E-state index contributed by atoms with van der Waals surface area (Å²) in [6, 6.07) is 15.8. The molecule has 0 saturated carbocycles. The largest absolute Gasteiger partial charge is 0.496 e. The van der Waals surface area contributed by atoms with Gasteiger partial charge in [0, 0.05) is 11.9 Å².